The van der Waals surface area contributed by atoms with Crippen LogP contribution in [-0.4, -0.2) is 46.8 Å². The highest BCUT2D eigenvalue weighted by Gasteiger charge is 2.30. The SMILES string of the molecule is O=C(OC1CCCC(O)C1)C1CCC(C=NC2CCC(O)CC2)CC1. The van der Waals surface area contributed by atoms with Crippen LogP contribution < -0.4 is 0 Å². The van der Waals surface area contributed by atoms with Crippen molar-refractivity contribution in [3.05, 3.63) is 0 Å². The lowest BCUT2D eigenvalue weighted by Crippen LogP contribution is -2.32. The van der Waals surface area contributed by atoms with Gasteiger partial charge in [0.15, 0.2) is 0 Å². The molecule has 2 unspecified atom stereocenters. The Morgan fingerprint density at radius 2 is 1.60 bits per heavy atom. The highest BCUT2D eigenvalue weighted by Crippen LogP contribution is 2.31. The Labute approximate surface area is 150 Å². The van der Waals surface area contributed by atoms with Gasteiger partial charge in [-0.25, -0.2) is 0 Å². The average Bonchev–Trinajstić information content (AvgIpc) is 2.62. The zero-order valence-corrected chi connectivity index (χ0v) is 15.2. The predicted molar refractivity (Wildman–Crippen MR) is 96.6 cm³/mol. The van der Waals surface area contributed by atoms with Crippen LogP contribution in [0.3, 0.4) is 0 Å². The molecular formula is C20H33NO4. The molecule has 0 aromatic carbocycles. The molecule has 3 aliphatic rings. The summed E-state index contributed by atoms with van der Waals surface area (Å²) in [4.78, 5) is 17.1. The molecule has 2 N–H and O–H groups in total. The van der Waals surface area contributed by atoms with Crippen LogP contribution in [-0.2, 0) is 9.53 Å². The zero-order chi connectivity index (χ0) is 17.6. The van der Waals surface area contributed by atoms with Gasteiger partial charge in [0.2, 0.25) is 0 Å². The summed E-state index contributed by atoms with van der Waals surface area (Å²) in [6.07, 6.45) is 12.4. The van der Waals surface area contributed by atoms with Crippen LogP contribution in [0.1, 0.15) is 77.0 Å². The van der Waals surface area contributed by atoms with E-state index in [-0.39, 0.29) is 30.2 Å². The Kier molecular flexibility index (Phi) is 6.88. The maximum absolute atomic E-state index is 12.4. The van der Waals surface area contributed by atoms with Crippen LogP contribution >= 0.6 is 0 Å². The number of aliphatic imine (C=N–C) groups is 1. The van der Waals surface area contributed by atoms with Crippen molar-refractivity contribution in [3.63, 3.8) is 0 Å². The van der Waals surface area contributed by atoms with Crippen molar-refractivity contribution in [2.45, 2.75) is 101 Å². The Bertz CT molecular complexity index is 451. The van der Waals surface area contributed by atoms with Gasteiger partial charge < -0.3 is 14.9 Å². The number of carbonyl (C=O) groups is 1. The molecule has 0 amide bonds. The molecule has 0 radical (unpaired) electrons. The van der Waals surface area contributed by atoms with Crippen LogP contribution in [0.4, 0.5) is 0 Å². The third kappa shape index (κ3) is 5.78. The van der Waals surface area contributed by atoms with Gasteiger partial charge in [-0.05, 0) is 76.5 Å². The fraction of sp³-hybridized carbons (Fsp3) is 0.900. The second kappa shape index (κ2) is 9.13. The van der Waals surface area contributed by atoms with E-state index in [0.29, 0.717) is 18.4 Å². The van der Waals surface area contributed by atoms with E-state index in [2.05, 4.69) is 6.21 Å². The summed E-state index contributed by atoms with van der Waals surface area (Å²) in [5, 5.41) is 19.2. The number of hydrogen-bond acceptors (Lipinski definition) is 5. The molecule has 0 heterocycles. The number of rotatable bonds is 4. The molecule has 0 aliphatic heterocycles. The summed E-state index contributed by atoms with van der Waals surface area (Å²) < 4.78 is 5.65. The van der Waals surface area contributed by atoms with E-state index in [4.69, 9.17) is 9.73 Å². The molecular weight excluding hydrogens is 318 g/mol. The van der Waals surface area contributed by atoms with Crippen LogP contribution in [0.2, 0.25) is 0 Å². The molecule has 3 saturated carbocycles. The smallest absolute Gasteiger partial charge is 0.309 e. The number of esters is 1. The lowest BCUT2D eigenvalue weighted by Gasteiger charge is -2.30. The molecule has 142 valence electrons. The van der Waals surface area contributed by atoms with Crippen molar-refractivity contribution in [2.75, 3.05) is 0 Å². The molecule has 5 heteroatoms. The van der Waals surface area contributed by atoms with E-state index in [1.165, 1.54) is 0 Å². The van der Waals surface area contributed by atoms with Gasteiger partial charge in [-0.15, -0.1) is 0 Å². The first-order valence-corrected chi connectivity index (χ1v) is 10.2. The van der Waals surface area contributed by atoms with Crippen molar-refractivity contribution >= 4 is 12.2 Å². The molecule has 0 aromatic heterocycles. The quantitative estimate of drug-likeness (QED) is 0.603. The van der Waals surface area contributed by atoms with E-state index in [9.17, 15) is 15.0 Å². The minimum absolute atomic E-state index is 0.0218. The van der Waals surface area contributed by atoms with Gasteiger partial charge in [-0.2, -0.15) is 0 Å². The second-order valence-electron chi connectivity index (χ2n) is 8.25. The third-order valence-corrected chi connectivity index (χ3v) is 6.16. The number of hydrogen-bond donors (Lipinski definition) is 2. The first-order chi connectivity index (χ1) is 12.1. The molecule has 25 heavy (non-hydrogen) atoms. The summed E-state index contributed by atoms with van der Waals surface area (Å²) in [5.41, 5.74) is 0. The third-order valence-electron chi connectivity index (χ3n) is 6.16. The highest BCUT2D eigenvalue weighted by molar-refractivity contribution is 5.73. The summed E-state index contributed by atoms with van der Waals surface area (Å²) in [5.74, 6) is 0.441. The molecule has 0 aromatic rings. The monoisotopic (exact) mass is 351 g/mol. The van der Waals surface area contributed by atoms with E-state index >= 15 is 0 Å². The average molecular weight is 351 g/mol. The second-order valence-corrected chi connectivity index (χ2v) is 8.25. The van der Waals surface area contributed by atoms with Gasteiger partial charge in [0.05, 0.1) is 18.1 Å². The van der Waals surface area contributed by atoms with E-state index in [1.54, 1.807) is 0 Å². The normalized spacial score (nSPS) is 40.1. The van der Waals surface area contributed by atoms with Crippen molar-refractivity contribution < 1.29 is 19.7 Å². The highest BCUT2D eigenvalue weighted by atomic mass is 16.5. The Morgan fingerprint density at radius 1 is 0.880 bits per heavy atom. The first-order valence-electron chi connectivity index (χ1n) is 10.2. The predicted octanol–water partition coefficient (Wildman–Crippen LogP) is 3.01. The molecule has 0 saturated heterocycles. The maximum atomic E-state index is 12.4. The molecule has 3 fully saturated rings. The number of aliphatic hydroxyl groups excluding tert-OH is 2. The molecule has 3 rings (SSSR count). The van der Waals surface area contributed by atoms with Crippen LogP contribution in [0.5, 0.6) is 0 Å². The fourth-order valence-corrected chi connectivity index (χ4v) is 4.44. The summed E-state index contributed by atoms with van der Waals surface area (Å²) >= 11 is 0. The summed E-state index contributed by atoms with van der Waals surface area (Å²) in [6.45, 7) is 0. The Morgan fingerprint density at radius 3 is 2.28 bits per heavy atom. The molecule has 3 aliphatic carbocycles. The van der Waals surface area contributed by atoms with Gasteiger partial charge in [0.1, 0.15) is 6.10 Å². The molecule has 2 atom stereocenters. The Balaban J connectivity index is 1.37. The van der Waals surface area contributed by atoms with E-state index in [1.807, 2.05) is 0 Å². The number of carbonyl (C=O) groups excluding carboxylic acids is 1. The van der Waals surface area contributed by atoms with Crippen molar-refractivity contribution in [1.29, 1.82) is 0 Å². The topological polar surface area (TPSA) is 79.1 Å². The van der Waals surface area contributed by atoms with Gasteiger partial charge >= 0.3 is 5.97 Å². The number of aliphatic hydroxyl groups is 2. The summed E-state index contributed by atoms with van der Waals surface area (Å²) in [6, 6.07) is 0.379. The van der Waals surface area contributed by atoms with Crippen LogP contribution in [0.25, 0.3) is 0 Å². The lowest BCUT2D eigenvalue weighted by molar-refractivity contribution is -0.158. The van der Waals surface area contributed by atoms with Crippen LogP contribution in [0, 0.1) is 11.8 Å². The zero-order valence-electron chi connectivity index (χ0n) is 15.2. The number of ether oxygens (including phenoxy) is 1. The summed E-state index contributed by atoms with van der Waals surface area (Å²) in [7, 11) is 0. The van der Waals surface area contributed by atoms with Gasteiger partial charge in [-0.1, -0.05) is 0 Å². The van der Waals surface area contributed by atoms with E-state index < -0.39 is 0 Å². The Hall–Kier alpha value is -0.940. The van der Waals surface area contributed by atoms with Crippen molar-refractivity contribution in [1.82, 2.24) is 0 Å². The lowest BCUT2D eigenvalue weighted by atomic mass is 9.82. The molecule has 0 bridgehead atoms. The van der Waals surface area contributed by atoms with Crippen LogP contribution in [0.15, 0.2) is 4.99 Å². The van der Waals surface area contributed by atoms with Gasteiger partial charge in [0, 0.05) is 18.7 Å². The molecule has 0 spiro atoms. The van der Waals surface area contributed by atoms with Crippen molar-refractivity contribution in [2.24, 2.45) is 16.8 Å². The minimum Gasteiger partial charge on any atom is -0.462 e. The van der Waals surface area contributed by atoms with E-state index in [0.717, 1.165) is 70.6 Å². The maximum Gasteiger partial charge on any atom is 0.309 e. The number of nitrogens with zero attached hydrogens (tertiary/aromatic N) is 1. The standard InChI is InChI=1S/C20H33NO4/c22-17-10-8-16(9-11-17)21-13-14-4-6-15(7-5-14)20(24)25-19-3-1-2-18(23)12-19/h13-19,22-23H,1-12H2. The van der Waals surface area contributed by atoms with Crippen molar-refractivity contribution in [3.8, 4) is 0 Å². The first kappa shape index (κ1) is 18.8. The van der Waals surface area contributed by atoms with Gasteiger partial charge in [-0.3, -0.25) is 9.79 Å². The van der Waals surface area contributed by atoms with Gasteiger partial charge in [0.25, 0.3) is 0 Å². The largest absolute Gasteiger partial charge is 0.462 e. The fourth-order valence-electron chi connectivity index (χ4n) is 4.44. The molecule has 5 nitrogen and oxygen atoms in total. The minimum atomic E-state index is -0.306.